The van der Waals surface area contributed by atoms with E-state index in [0.717, 1.165) is 0 Å². The summed E-state index contributed by atoms with van der Waals surface area (Å²) in [6.07, 6.45) is 0.453. The average Bonchev–Trinajstić information content (AvgIpc) is 2.87. The van der Waals surface area contributed by atoms with Gasteiger partial charge in [-0.25, -0.2) is 4.79 Å². The van der Waals surface area contributed by atoms with Gasteiger partial charge in [0, 0.05) is 17.7 Å². The Morgan fingerprint density at radius 1 is 1.24 bits per heavy atom. The quantitative estimate of drug-likeness (QED) is 0.880. The van der Waals surface area contributed by atoms with E-state index in [-0.39, 0.29) is 17.6 Å². The summed E-state index contributed by atoms with van der Waals surface area (Å²) in [5, 5.41) is 11.7. The van der Waals surface area contributed by atoms with Crippen LogP contribution in [0.15, 0.2) is 40.8 Å². The molecule has 0 saturated carbocycles. The zero-order valence-corrected chi connectivity index (χ0v) is 11.9. The fourth-order valence-corrected chi connectivity index (χ4v) is 1.94. The summed E-state index contributed by atoms with van der Waals surface area (Å²) in [5.41, 5.74) is 1.37. The monoisotopic (exact) mass is 287 g/mol. The van der Waals surface area contributed by atoms with Gasteiger partial charge in [-0.3, -0.25) is 4.79 Å². The minimum atomic E-state index is -1.11. The first-order valence-electron chi connectivity index (χ1n) is 6.69. The lowest BCUT2D eigenvalue weighted by atomic mass is 10.1. The zero-order valence-electron chi connectivity index (χ0n) is 11.9. The molecule has 21 heavy (non-hydrogen) atoms. The smallest absolute Gasteiger partial charge is 0.371 e. The maximum atomic E-state index is 11.8. The van der Waals surface area contributed by atoms with Crippen LogP contribution in [0.3, 0.4) is 0 Å². The molecule has 2 aromatic rings. The van der Waals surface area contributed by atoms with Gasteiger partial charge in [0.25, 0.3) is 0 Å². The summed E-state index contributed by atoms with van der Waals surface area (Å²) in [5.74, 6) is -0.529. The second-order valence-electron chi connectivity index (χ2n) is 5.20. The minimum absolute atomic E-state index is 0.0483. The highest BCUT2D eigenvalue weighted by Crippen LogP contribution is 2.25. The molecule has 5 heteroatoms. The molecule has 5 nitrogen and oxygen atoms in total. The largest absolute Gasteiger partial charge is 0.475 e. The number of carboxylic acid groups (broad SMARTS) is 1. The molecule has 0 unspecified atom stereocenters. The van der Waals surface area contributed by atoms with Crippen LogP contribution in [0, 0.1) is 5.92 Å². The van der Waals surface area contributed by atoms with Crippen LogP contribution >= 0.6 is 0 Å². The average molecular weight is 287 g/mol. The number of hydrogen-bond donors (Lipinski definition) is 2. The van der Waals surface area contributed by atoms with Gasteiger partial charge in [0.15, 0.2) is 0 Å². The van der Waals surface area contributed by atoms with Crippen LogP contribution in [0.2, 0.25) is 0 Å². The first-order valence-corrected chi connectivity index (χ1v) is 6.69. The SMILES string of the molecule is CC(C)CC(=O)Nc1cccc(-c2ccc(C(=O)O)o2)c1. The van der Waals surface area contributed by atoms with E-state index in [1.807, 2.05) is 13.8 Å². The molecule has 0 bridgehead atoms. The highest BCUT2D eigenvalue weighted by molar-refractivity contribution is 5.91. The van der Waals surface area contributed by atoms with Gasteiger partial charge in [0.1, 0.15) is 5.76 Å². The molecule has 110 valence electrons. The molecule has 0 fully saturated rings. The van der Waals surface area contributed by atoms with Crippen molar-refractivity contribution in [3.8, 4) is 11.3 Å². The number of carbonyl (C=O) groups is 2. The van der Waals surface area contributed by atoms with E-state index in [9.17, 15) is 9.59 Å². The van der Waals surface area contributed by atoms with Crippen LogP contribution in [-0.2, 0) is 4.79 Å². The molecule has 1 amide bonds. The Hall–Kier alpha value is -2.56. The standard InChI is InChI=1S/C16H17NO4/c1-10(2)8-15(18)17-12-5-3-4-11(9-12)13-6-7-14(21-13)16(19)20/h3-7,9-10H,8H2,1-2H3,(H,17,18)(H,19,20). The molecule has 0 atom stereocenters. The molecular formula is C16H17NO4. The third-order valence-electron chi connectivity index (χ3n) is 2.84. The number of aromatic carboxylic acids is 1. The molecule has 1 heterocycles. The van der Waals surface area contributed by atoms with Gasteiger partial charge in [0.2, 0.25) is 11.7 Å². The summed E-state index contributed by atoms with van der Waals surface area (Å²) in [4.78, 5) is 22.6. The van der Waals surface area contributed by atoms with Crippen molar-refractivity contribution in [2.24, 2.45) is 5.92 Å². The number of carbonyl (C=O) groups excluding carboxylic acids is 1. The van der Waals surface area contributed by atoms with Crippen molar-refractivity contribution in [3.05, 3.63) is 42.2 Å². The van der Waals surface area contributed by atoms with E-state index in [2.05, 4.69) is 5.32 Å². The lowest BCUT2D eigenvalue weighted by Crippen LogP contribution is -2.13. The molecule has 0 radical (unpaired) electrons. The van der Waals surface area contributed by atoms with Gasteiger partial charge in [-0.2, -0.15) is 0 Å². The van der Waals surface area contributed by atoms with E-state index in [4.69, 9.17) is 9.52 Å². The zero-order chi connectivity index (χ0) is 15.4. The second-order valence-corrected chi connectivity index (χ2v) is 5.20. The number of carboxylic acids is 1. The minimum Gasteiger partial charge on any atom is -0.475 e. The van der Waals surface area contributed by atoms with Crippen LogP contribution in [0.5, 0.6) is 0 Å². The summed E-state index contributed by atoms with van der Waals surface area (Å²) in [6, 6.07) is 10.1. The van der Waals surface area contributed by atoms with Crippen molar-refractivity contribution in [1.82, 2.24) is 0 Å². The van der Waals surface area contributed by atoms with Gasteiger partial charge < -0.3 is 14.8 Å². The predicted octanol–water partition coefficient (Wildman–Crippen LogP) is 3.63. The fraction of sp³-hybridized carbons (Fsp3) is 0.250. The molecule has 2 rings (SSSR count). The molecule has 1 aromatic carbocycles. The highest BCUT2D eigenvalue weighted by atomic mass is 16.4. The van der Waals surface area contributed by atoms with Crippen LogP contribution in [0.25, 0.3) is 11.3 Å². The van der Waals surface area contributed by atoms with Crippen molar-refractivity contribution in [3.63, 3.8) is 0 Å². The summed E-state index contributed by atoms with van der Waals surface area (Å²) >= 11 is 0. The lowest BCUT2D eigenvalue weighted by Gasteiger charge is -2.08. The van der Waals surface area contributed by atoms with Gasteiger partial charge in [-0.05, 0) is 30.2 Å². The molecule has 0 saturated heterocycles. The van der Waals surface area contributed by atoms with Gasteiger partial charge >= 0.3 is 5.97 Å². The van der Waals surface area contributed by atoms with E-state index in [0.29, 0.717) is 23.4 Å². The van der Waals surface area contributed by atoms with Gasteiger partial charge in [-0.15, -0.1) is 0 Å². The number of benzene rings is 1. The second kappa shape index (κ2) is 6.26. The number of anilines is 1. The summed E-state index contributed by atoms with van der Waals surface area (Å²) in [7, 11) is 0. The van der Waals surface area contributed by atoms with Crippen molar-refractivity contribution in [2.75, 3.05) is 5.32 Å². The van der Waals surface area contributed by atoms with Crippen molar-refractivity contribution >= 4 is 17.6 Å². The van der Waals surface area contributed by atoms with Crippen molar-refractivity contribution in [2.45, 2.75) is 20.3 Å². The van der Waals surface area contributed by atoms with E-state index >= 15 is 0 Å². The Morgan fingerprint density at radius 2 is 2.00 bits per heavy atom. The van der Waals surface area contributed by atoms with Gasteiger partial charge in [-0.1, -0.05) is 26.0 Å². The molecular weight excluding hydrogens is 270 g/mol. The maximum absolute atomic E-state index is 11.8. The highest BCUT2D eigenvalue weighted by Gasteiger charge is 2.11. The molecule has 2 N–H and O–H groups in total. The van der Waals surface area contributed by atoms with E-state index in [1.165, 1.54) is 6.07 Å². The third-order valence-corrected chi connectivity index (χ3v) is 2.84. The molecule has 0 aliphatic heterocycles. The van der Waals surface area contributed by atoms with Crippen molar-refractivity contribution in [1.29, 1.82) is 0 Å². The predicted molar refractivity (Wildman–Crippen MR) is 79.2 cm³/mol. The van der Waals surface area contributed by atoms with Crippen LogP contribution in [-0.4, -0.2) is 17.0 Å². The molecule has 0 spiro atoms. The first-order chi connectivity index (χ1) is 9.95. The topological polar surface area (TPSA) is 79.5 Å². The Morgan fingerprint density at radius 3 is 2.62 bits per heavy atom. The van der Waals surface area contributed by atoms with Crippen LogP contribution in [0.4, 0.5) is 5.69 Å². The van der Waals surface area contributed by atoms with E-state index < -0.39 is 5.97 Å². The number of rotatable bonds is 5. The molecule has 0 aliphatic carbocycles. The first kappa shape index (κ1) is 14.8. The Bertz CT molecular complexity index is 658. The van der Waals surface area contributed by atoms with Crippen molar-refractivity contribution < 1.29 is 19.1 Å². The van der Waals surface area contributed by atoms with Gasteiger partial charge in [0.05, 0.1) is 0 Å². The van der Waals surface area contributed by atoms with Crippen LogP contribution in [0.1, 0.15) is 30.8 Å². The number of furan rings is 1. The molecule has 0 aliphatic rings. The maximum Gasteiger partial charge on any atom is 0.371 e. The summed E-state index contributed by atoms with van der Waals surface area (Å²) < 4.78 is 5.24. The van der Waals surface area contributed by atoms with Crippen LogP contribution < -0.4 is 5.32 Å². The normalized spacial score (nSPS) is 10.6. The molecule has 1 aromatic heterocycles. The Labute approximate surface area is 122 Å². The Balaban J connectivity index is 2.17. The fourth-order valence-electron chi connectivity index (χ4n) is 1.94. The summed E-state index contributed by atoms with van der Waals surface area (Å²) in [6.45, 7) is 3.96. The number of amides is 1. The number of hydrogen-bond acceptors (Lipinski definition) is 3. The third kappa shape index (κ3) is 3.95. The van der Waals surface area contributed by atoms with E-state index in [1.54, 1.807) is 30.3 Å². The lowest BCUT2D eigenvalue weighted by molar-refractivity contribution is -0.116. The Kier molecular flexibility index (Phi) is 4.42. The number of nitrogens with one attached hydrogen (secondary N) is 1.